The molecule has 2 unspecified atom stereocenters. The van der Waals surface area contributed by atoms with Gasteiger partial charge in [0, 0.05) is 24.2 Å². The molecule has 0 aromatic heterocycles. The van der Waals surface area contributed by atoms with Gasteiger partial charge in [0.25, 0.3) is 0 Å². The van der Waals surface area contributed by atoms with Crippen LogP contribution in [0.15, 0.2) is 119 Å². The molecule has 2 saturated carbocycles. The summed E-state index contributed by atoms with van der Waals surface area (Å²) in [5.41, 5.74) is 2.54. The van der Waals surface area contributed by atoms with Gasteiger partial charge in [0.1, 0.15) is 11.5 Å². The summed E-state index contributed by atoms with van der Waals surface area (Å²) >= 11 is 0. The number of ketones is 1. The van der Waals surface area contributed by atoms with Crippen molar-refractivity contribution in [2.45, 2.75) is 58.3 Å². The van der Waals surface area contributed by atoms with Gasteiger partial charge < -0.3 is 4.74 Å². The molecule has 0 N–H and O–H groups in total. The SMILES string of the molecule is COc1ccc([C@@H]2CC(=O)[C@@H]3CC(S(=O)(=O)c4ccc(C)cc4)[C@H](c4ccccc4)C[C@@H]3C2S(=O)(=O)c2ccccc2)cc1. The van der Waals surface area contributed by atoms with E-state index in [4.69, 9.17) is 4.74 Å². The summed E-state index contributed by atoms with van der Waals surface area (Å²) < 4.78 is 63.0. The van der Waals surface area contributed by atoms with Crippen molar-refractivity contribution in [3.8, 4) is 5.75 Å². The number of hydrogen-bond acceptors (Lipinski definition) is 6. The fourth-order valence-electron chi connectivity index (χ4n) is 7.38. The highest BCUT2D eigenvalue weighted by atomic mass is 32.2. The number of fused-ring (bicyclic) bond motifs is 1. The molecule has 0 radical (unpaired) electrons. The molecule has 0 saturated heterocycles. The average molecular weight is 629 g/mol. The molecule has 0 heterocycles. The van der Waals surface area contributed by atoms with Crippen LogP contribution in [0, 0.1) is 18.8 Å². The minimum absolute atomic E-state index is 0.0253. The number of carbonyl (C=O) groups excluding carboxylic acids is 1. The summed E-state index contributed by atoms with van der Waals surface area (Å²) in [5.74, 6) is -1.77. The molecule has 0 aliphatic heterocycles. The molecule has 0 amide bonds. The second-order valence-corrected chi connectivity index (χ2v) is 16.3. The van der Waals surface area contributed by atoms with Crippen molar-refractivity contribution in [2.75, 3.05) is 7.11 Å². The number of hydrogen-bond donors (Lipinski definition) is 0. The molecule has 228 valence electrons. The minimum Gasteiger partial charge on any atom is -0.497 e. The van der Waals surface area contributed by atoms with E-state index in [2.05, 4.69) is 0 Å². The summed E-state index contributed by atoms with van der Waals surface area (Å²) in [5, 5.41) is -1.77. The maximum absolute atomic E-state index is 14.6. The van der Waals surface area contributed by atoms with Crippen LogP contribution in [0.25, 0.3) is 0 Å². The first-order valence-electron chi connectivity index (χ1n) is 14.9. The van der Waals surface area contributed by atoms with Crippen molar-refractivity contribution in [1.82, 2.24) is 0 Å². The minimum atomic E-state index is -3.92. The predicted molar refractivity (Wildman–Crippen MR) is 170 cm³/mol. The van der Waals surface area contributed by atoms with E-state index in [0.29, 0.717) is 5.75 Å². The van der Waals surface area contributed by atoms with Gasteiger partial charge in [0.2, 0.25) is 0 Å². The lowest BCUT2D eigenvalue weighted by atomic mass is 9.61. The van der Waals surface area contributed by atoms with Crippen molar-refractivity contribution >= 4 is 25.5 Å². The van der Waals surface area contributed by atoms with Gasteiger partial charge in [-0.2, -0.15) is 0 Å². The molecule has 4 aromatic carbocycles. The van der Waals surface area contributed by atoms with Crippen molar-refractivity contribution in [3.05, 3.63) is 126 Å². The van der Waals surface area contributed by atoms with Gasteiger partial charge in [0.15, 0.2) is 19.7 Å². The topological polar surface area (TPSA) is 94.6 Å². The normalized spacial score (nSPS) is 25.6. The van der Waals surface area contributed by atoms with E-state index in [0.717, 1.165) is 16.7 Å². The van der Waals surface area contributed by atoms with Crippen LogP contribution in [0.1, 0.15) is 47.8 Å². The molecule has 8 heteroatoms. The molecule has 6 nitrogen and oxygen atoms in total. The Morgan fingerprint density at radius 3 is 1.80 bits per heavy atom. The molecule has 2 aliphatic carbocycles. The van der Waals surface area contributed by atoms with Crippen molar-refractivity contribution in [2.24, 2.45) is 11.8 Å². The van der Waals surface area contributed by atoms with Crippen LogP contribution in [-0.2, 0) is 24.5 Å². The van der Waals surface area contributed by atoms with Gasteiger partial charge in [-0.1, -0.05) is 78.4 Å². The van der Waals surface area contributed by atoms with Crippen LogP contribution in [0.4, 0.5) is 0 Å². The van der Waals surface area contributed by atoms with E-state index in [1.54, 1.807) is 73.8 Å². The van der Waals surface area contributed by atoms with Gasteiger partial charge in [-0.25, -0.2) is 16.8 Å². The zero-order valence-corrected chi connectivity index (χ0v) is 26.4. The lowest BCUT2D eigenvalue weighted by Crippen LogP contribution is -2.53. The van der Waals surface area contributed by atoms with Gasteiger partial charge in [-0.3, -0.25) is 4.79 Å². The Labute approximate surface area is 259 Å². The maximum atomic E-state index is 14.6. The highest BCUT2D eigenvalue weighted by molar-refractivity contribution is 7.92. The smallest absolute Gasteiger partial charge is 0.182 e. The largest absolute Gasteiger partial charge is 0.497 e. The molecule has 2 aliphatic rings. The van der Waals surface area contributed by atoms with E-state index in [9.17, 15) is 21.6 Å². The number of ether oxygens (including phenoxy) is 1. The Bertz CT molecular complexity index is 1840. The lowest BCUT2D eigenvalue weighted by Gasteiger charge is -2.48. The Morgan fingerprint density at radius 1 is 0.614 bits per heavy atom. The monoisotopic (exact) mass is 628 g/mol. The molecule has 4 aromatic rings. The molecule has 0 spiro atoms. The number of Topliss-reactive ketones (excluding diaryl/α,β-unsaturated/α-hetero) is 1. The molecule has 44 heavy (non-hydrogen) atoms. The van der Waals surface area contributed by atoms with Crippen LogP contribution in [0.3, 0.4) is 0 Å². The van der Waals surface area contributed by atoms with E-state index in [1.807, 2.05) is 49.4 Å². The van der Waals surface area contributed by atoms with Crippen LogP contribution in [0.2, 0.25) is 0 Å². The Morgan fingerprint density at radius 2 is 1.18 bits per heavy atom. The number of sulfone groups is 2. The zero-order chi connectivity index (χ0) is 31.1. The maximum Gasteiger partial charge on any atom is 0.182 e. The van der Waals surface area contributed by atoms with Gasteiger partial charge >= 0.3 is 0 Å². The first kappa shape index (κ1) is 30.3. The van der Waals surface area contributed by atoms with E-state index >= 15 is 0 Å². The van der Waals surface area contributed by atoms with Crippen LogP contribution < -0.4 is 4.74 Å². The molecular formula is C36H36O6S2. The number of rotatable bonds is 7. The standard InChI is InChI=1S/C36H36O6S2/c1-24-13-19-29(20-14-24)43(38,39)35-23-32-33(21-30(35)25-9-5-3-6-10-25)36(44(40,41)28-11-7-4-8-12-28)31(22-34(32)37)26-15-17-27(42-2)18-16-26/h3-20,30-33,35-36H,21-23H2,1-2H3/t30-,31-,32+,33-,35?,36?/m0/s1. The first-order valence-corrected chi connectivity index (χ1v) is 18.0. The van der Waals surface area contributed by atoms with E-state index in [-0.39, 0.29) is 34.8 Å². The third kappa shape index (κ3) is 5.50. The lowest BCUT2D eigenvalue weighted by molar-refractivity contribution is -0.128. The number of carbonyl (C=O) groups is 1. The summed E-state index contributed by atoms with van der Waals surface area (Å²) in [6, 6.07) is 31.9. The summed E-state index contributed by atoms with van der Waals surface area (Å²) in [7, 11) is -6.19. The Hall–Kier alpha value is -3.75. The highest BCUT2D eigenvalue weighted by Gasteiger charge is 2.56. The quantitative estimate of drug-likeness (QED) is 0.230. The fraction of sp³-hybridized carbons (Fsp3) is 0.306. The Kier molecular flexibility index (Phi) is 8.24. The highest BCUT2D eigenvalue weighted by Crippen LogP contribution is 2.54. The van der Waals surface area contributed by atoms with Crippen molar-refractivity contribution in [1.29, 1.82) is 0 Å². The third-order valence-electron chi connectivity index (χ3n) is 9.58. The molecular weight excluding hydrogens is 593 g/mol. The van der Waals surface area contributed by atoms with Crippen molar-refractivity contribution < 1.29 is 26.4 Å². The predicted octanol–water partition coefficient (Wildman–Crippen LogP) is 6.56. The van der Waals surface area contributed by atoms with E-state index < -0.39 is 53.8 Å². The van der Waals surface area contributed by atoms with Crippen LogP contribution in [0.5, 0.6) is 5.75 Å². The molecule has 6 rings (SSSR count). The molecule has 2 fully saturated rings. The third-order valence-corrected chi connectivity index (χ3v) is 14.2. The molecule has 0 bridgehead atoms. The number of methoxy groups -OCH3 is 1. The zero-order valence-electron chi connectivity index (χ0n) is 24.7. The molecule has 6 atom stereocenters. The first-order chi connectivity index (χ1) is 21.1. The second kappa shape index (κ2) is 12.0. The fourth-order valence-corrected chi connectivity index (χ4v) is 11.7. The van der Waals surface area contributed by atoms with Gasteiger partial charge in [-0.05, 0) is 73.2 Å². The summed E-state index contributed by atoms with van der Waals surface area (Å²) in [4.78, 5) is 14.5. The van der Waals surface area contributed by atoms with E-state index in [1.165, 1.54) is 0 Å². The van der Waals surface area contributed by atoms with Gasteiger partial charge in [0.05, 0.1) is 27.4 Å². The number of aryl methyl sites for hydroxylation is 1. The second-order valence-electron chi connectivity index (χ2n) is 12.0. The average Bonchev–Trinajstić information content (AvgIpc) is 3.05. The van der Waals surface area contributed by atoms with Crippen molar-refractivity contribution in [3.63, 3.8) is 0 Å². The number of benzene rings is 4. The Balaban J connectivity index is 1.49. The summed E-state index contributed by atoms with van der Waals surface area (Å²) in [6.45, 7) is 1.90. The van der Waals surface area contributed by atoms with Crippen LogP contribution in [-0.4, -0.2) is 40.2 Å². The van der Waals surface area contributed by atoms with Crippen LogP contribution >= 0.6 is 0 Å². The van der Waals surface area contributed by atoms with Gasteiger partial charge in [-0.15, -0.1) is 0 Å². The summed E-state index contributed by atoms with van der Waals surface area (Å²) in [6.07, 6.45) is 0.368.